The predicted molar refractivity (Wildman–Crippen MR) is 63.4 cm³/mol. The molecule has 0 bridgehead atoms. The first-order valence-corrected chi connectivity index (χ1v) is 6.45. The molecule has 0 spiro atoms. The summed E-state index contributed by atoms with van der Waals surface area (Å²) in [6.07, 6.45) is 0.891. The molecule has 0 aromatic carbocycles. The highest BCUT2D eigenvalue weighted by atomic mass is 32.2. The first-order chi connectivity index (χ1) is 8.09. The van der Waals surface area contributed by atoms with E-state index >= 15 is 0 Å². The Morgan fingerprint density at radius 1 is 1.65 bits per heavy atom. The monoisotopic (exact) mass is 264 g/mol. The van der Waals surface area contributed by atoms with Crippen LogP contribution in [0.5, 0.6) is 0 Å². The van der Waals surface area contributed by atoms with E-state index in [4.69, 9.17) is 11.7 Å². The molecule has 0 atom stereocenters. The van der Waals surface area contributed by atoms with Crippen molar-refractivity contribution in [3.63, 3.8) is 0 Å². The quantitative estimate of drug-likeness (QED) is 0.168. The van der Waals surface area contributed by atoms with Crippen LogP contribution < -0.4 is 17.1 Å². The van der Waals surface area contributed by atoms with E-state index in [0.717, 1.165) is 13.0 Å². The molecule has 0 saturated carbocycles. The molecule has 0 aliphatic carbocycles. The van der Waals surface area contributed by atoms with Crippen LogP contribution >= 0.6 is 0 Å². The summed E-state index contributed by atoms with van der Waals surface area (Å²) in [5.74, 6) is 10.5. The van der Waals surface area contributed by atoms with E-state index in [9.17, 15) is 8.42 Å². The minimum absolute atomic E-state index is 0.0188. The number of hydrazine groups is 1. The number of rotatable bonds is 5. The summed E-state index contributed by atoms with van der Waals surface area (Å²) in [5, 5.41) is 2.90. The molecule has 0 amide bonds. The van der Waals surface area contributed by atoms with Gasteiger partial charge in [0.25, 0.3) is 0 Å². The van der Waals surface area contributed by atoms with E-state index in [-0.39, 0.29) is 6.61 Å². The molecule has 17 heavy (non-hydrogen) atoms. The molecule has 0 unspecified atom stereocenters. The lowest BCUT2D eigenvalue weighted by atomic mass is 10.3. The number of aliphatic imine (C=N–C) groups is 1. The van der Waals surface area contributed by atoms with Gasteiger partial charge in [-0.2, -0.15) is 13.5 Å². The standard InChI is InChI=1S/C7H16N6O3S/c8-11-6-17(14,15)16-5-4-13-3-1-2-10-7(13)12-9/h6H,1-5,8-9H2,(H,10,12). The van der Waals surface area contributed by atoms with Gasteiger partial charge in [-0.1, -0.05) is 0 Å². The van der Waals surface area contributed by atoms with Gasteiger partial charge in [0.2, 0.25) is 5.96 Å². The zero-order chi connectivity index (χ0) is 12.7. The Labute approximate surface area is 99.6 Å². The number of nitrogens with zero attached hydrogens (tertiary/aromatic N) is 3. The van der Waals surface area contributed by atoms with Crippen molar-refractivity contribution in [2.24, 2.45) is 21.8 Å². The second kappa shape index (κ2) is 6.37. The summed E-state index contributed by atoms with van der Waals surface area (Å²) in [5.41, 5.74) is 3.01. The lowest BCUT2D eigenvalue weighted by Gasteiger charge is -2.28. The molecule has 0 radical (unpaired) electrons. The van der Waals surface area contributed by atoms with Crippen molar-refractivity contribution in [2.45, 2.75) is 6.42 Å². The maximum atomic E-state index is 11.1. The van der Waals surface area contributed by atoms with Gasteiger partial charge in [0.05, 0.1) is 6.61 Å². The van der Waals surface area contributed by atoms with Crippen LogP contribution in [-0.4, -0.2) is 51.1 Å². The molecular formula is C7H16N6O3S. The van der Waals surface area contributed by atoms with Crippen LogP contribution in [0.25, 0.3) is 0 Å². The maximum absolute atomic E-state index is 11.1. The number of nitrogens with one attached hydrogen (secondary N) is 1. The van der Waals surface area contributed by atoms with E-state index in [0.29, 0.717) is 24.6 Å². The third kappa shape index (κ3) is 4.54. The van der Waals surface area contributed by atoms with Gasteiger partial charge in [0.15, 0.2) is 5.55 Å². The fourth-order valence-electron chi connectivity index (χ4n) is 1.38. The minimum Gasteiger partial charge on any atom is -0.339 e. The molecular weight excluding hydrogens is 248 g/mol. The van der Waals surface area contributed by atoms with E-state index in [2.05, 4.69) is 19.7 Å². The van der Waals surface area contributed by atoms with Crippen molar-refractivity contribution in [2.75, 3.05) is 26.2 Å². The normalized spacial score (nSPS) is 17.2. The molecule has 0 aromatic heterocycles. The van der Waals surface area contributed by atoms with Gasteiger partial charge in [-0.05, 0) is 6.42 Å². The summed E-state index contributed by atoms with van der Waals surface area (Å²) in [4.78, 5) is 5.94. The van der Waals surface area contributed by atoms with Gasteiger partial charge in [0.1, 0.15) is 0 Å². The predicted octanol–water partition coefficient (Wildman–Crippen LogP) is -2.24. The third-order valence-electron chi connectivity index (χ3n) is 2.08. The summed E-state index contributed by atoms with van der Waals surface area (Å²) < 4.78 is 26.8. The Morgan fingerprint density at radius 2 is 2.41 bits per heavy atom. The molecule has 0 aromatic rings. The molecule has 0 saturated heterocycles. The van der Waals surface area contributed by atoms with Crippen molar-refractivity contribution >= 4 is 21.6 Å². The fourth-order valence-corrected chi connectivity index (χ4v) is 1.89. The Hall–Kier alpha value is -1.39. The van der Waals surface area contributed by atoms with E-state index in [1.165, 1.54) is 0 Å². The molecule has 1 heterocycles. The largest absolute Gasteiger partial charge is 0.339 e. The Kier molecular flexibility index (Phi) is 5.12. The second-order valence-corrected chi connectivity index (χ2v) is 4.69. The lowest BCUT2D eigenvalue weighted by molar-refractivity contribution is 0.267. The Morgan fingerprint density at radius 3 is 3.06 bits per heavy atom. The summed E-state index contributed by atoms with van der Waals surface area (Å²) >= 11 is 0. The van der Waals surface area contributed by atoms with Crippen molar-refractivity contribution < 1.29 is 12.6 Å². The third-order valence-corrected chi connectivity index (χ3v) is 2.95. The van der Waals surface area contributed by atoms with Crippen LogP contribution in [0.3, 0.4) is 0 Å². The fraction of sp³-hybridized carbons (Fsp3) is 0.714. The molecule has 1 aliphatic heterocycles. The Bertz CT molecular complexity index is 392. The van der Waals surface area contributed by atoms with Crippen LogP contribution in [0.15, 0.2) is 10.1 Å². The molecule has 5 N–H and O–H groups in total. The van der Waals surface area contributed by atoms with E-state index < -0.39 is 10.1 Å². The van der Waals surface area contributed by atoms with Crippen molar-refractivity contribution in [3.05, 3.63) is 0 Å². The molecule has 1 rings (SSSR count). The van der Waals surface area contributed by atoms with Gasteiger partial charge >= 0.3 is 10.1 Å². The zero-order valence-electron chi connectivity index (χ0n) is 9.24. The maximum Gasteiger partial charge on any atom is 0.309 e. The molecule has 9 nitrogen and oxygen atoms in total. The molecule has 1 aliphatic rings. The van der Waals surface area contributed by atoms with Crippen molar-refractivity contribution in [1.29, 1.82) is 0 Å². The first-order valence-electron chi connectivity index (χ1n) is 4.98. The van der Waals surface area contributed by atoms with Crippen molar-refractivity contribution in [3.8, 4) is 0 Å². The number of guanidine groups is 1. The Balaban J connectivity index is 2.41. The average Bonchev–Trinajstić information content (AvgIpc) is 2.29. The highest BCUT2D eigenvalue weighted by molar-refractivity contribution is 8.00. The number of hydrogen-bond acceptors (Lipinski definition) is 9. The highest BCUT2D eigenvalue weighted by Crippen LogP contribution is 2.01. The number of nitrogens with two attached hydrogens (primary N) is 2. The minimum atomic E-state index is -3.79. The average molecular weight is 264 g/mol. The summed E-state index contributed by atoms with van der Waals surface area (Å²) in [6, 6.07) is 0. The van der Waals surface area contributed by atoms with Gasteiger partial charge in [-0.3, -0.25) is 14.6 Å². The van der Waals surface area contributed by atoms with Gasteiger partial charge in [0, 0.05) is 19.6 Å². The first kappa shape index (κ1) is 13.7. The van der Waals surface area contributed by atoms with Crippen LogP contribution in [0, 0.1) is 0 Å². The highest BCUT2D eigenvalue weighted by Gasteiger charge is 2.15. The topological polar surface area (TPSA) is 135 Å². The molecule has 98 valence electrons. The van der Waals surface area contributed by atoms with E-state index in [1.807, 2.05) is 0 Å². The van der Waals surface area contributed by atoms with Crippen LogP contribution in [-0.2, 0) is 14.3 Å². The molecule has 10 heteroatoms. The van der Waals surface area contributed by atoms with Gasteiger partial charge in [-0.25, -0.2) is 5.84 Å². The lowest BCUT2D eigenvalue weighted by Crippen LogP contribution is -2.48. The molecule has 0 fully saturated rings. The summed E-state index contributed by atoms with van der Waals surface area (Å²) in [7, 11) is -3.79. The van der Waals surface area contributed by atoms with Gasteiger partial charge < -0.3 is 10.7 Å². The zero-order valence-corrected chi connectivity index (χ0v) is 10.1. The summed E-state index contributed by atoms with van der Waals surface area (Å²) in [6.45, 7) is 1.79. The van der Waals surface area contributed by atoms with Crippen LogP contribution in [0.1, 0.15) is 6.42 Å². The second-order valence-electron chi connectivity index (χ2n) is 3.26. The SMILES string of the molecule is NN=CS(=O)(=O)OCCN1CCCN=C1NN. The number of hydrazone groups is 1. The van der Waals surface area contributed by atoms with Crippen LogP contribution in [0.4, 0.5) is 0 Å². The number of hydrogen-bond donors (Lipinski definition) is 3. The van der Waals surface area contributed by atoms with E-state index in [1.54, 1.807) is 4.90 Å². The van der Waals surface area contributed by atoms with Crippen molar-refractivity contribution in [1.82, 2.24) is 10.3 Å². The smallest absolute Gasteiger partial charge is 0.309 e. The van der Waals surface area contributed by atoms with Gasteiger partial charge in [-0.15, -0.1) is 0 Å². The van der Waals surface area contributed by atoms with Crippen LogP contribution in [0.2, 0.25) is 0 Å².